The second-order valence-electron chi connectivity index (χ2n) is 4.47. The van der Waals surface area contributed by atoms with Crippen LogP contribution in [0.5, 0.6) is 0 Å². The zero-order valence-corrected chi connectivity index (χ0v) is 11.3. The summed E-state index contributed by atoms with van der Waals surface area (Å²) in [5, 5.41) is 2.80. The minimum absolute atomic E-state index is 0.111. The SMILES string of the molecule is CCNC(=O)CCN(C)Cc1cccc(CN)c1. The summed E-state index contributed by atoms with van der Waals surface area (Å²) in [5.41, 5.74) is 7.99. The average Bonchev–Trinajstić information content (AvgIpc) is 2.37. The summed E-state index contributed by atoms with van der Waals surface area (Å²) in [6.07, 6.45) is 0.543. The number of nitrogens with zero attached hydrogens (tertiary/aromatic N) is 1. The molecule has 0 spiro atoms. The summed E-state index contributed by atoms with van der Waals surface area (Å²) >= 11 is 0. The van der Waals surface area contributed by atoms with Gasteiger partial charge in [0.25, 0.3) is 0 Å². The standard InChI is InChI=1S/C14H23N3O/c1-3-16-14(18)7-8-17(2)11-13-6-4-5-12(9-13)10-15/h4-6,9H,3,7-8,10-11,15H2,1-2H3,(H,16,18). The van der Waals surface area contributed by atoms with E-state index in [2.05, 4.69) is 22.3 Å². The van der Waals surface area contributed by atoms with Gasteiger partial charge in [0.1, 0.15) is 0 Å². The minimum atomic E-state index is 0.111. The molecular formula is C14H23N3O. The molecule has 3 N–H and O–H groups in total. The van der Waals surface area contributed by atoms with Crippen LogP contribution in [0.4, 0.5) is 0 Å². The predicted molar refractivity (Wildman–Crippen MR) is 74.0 cm³/mol. The zero-order chi connectivity index (χ0) is 13.4. The van der Waals surface area contributed by atoms with Crippen LogP contribution >= 0.6 is 0 Å². The summed E-state index contributed by atoms with van der Waals surface area (Å²) in [6.45, 7) is 4.80. The number of carbonyl (C=O) groups excluding carboxylic acids is 1. The number of benzene rings is 1. The van der Waals surface area contributed by atoms with Crippen molar-refractivity contribution in [2.45, 2.75) is 26.4 Å². The van der Waals surface area contributed by atoms with Gasteiger partial charge in [0.05, 0.1) is 0 Å². The van der Waals surface area contributed by atoms with E-state index in [0.29, 0.717) is 19.5 Å². The third-order valence-corrected chi connectivity index (χ3v) is 2.77. The molecule has 1 amide bonds. The van der Waals surface area contributed by atoms with E-state index in [9.17, 15) is 4.79 Å². The van der Waals surface area contributed by atoms with Crippen molar-refractivity contribution in [2.75, 3.05) is 20.1 Å². The molecule has 0 unspecified atom stereocenters. The Morgan fingerprint density at radius 2 is 2.11 bits per heavy atom. The summed E-state index contributed by atoms with van der Waals surface area (Å²) in [5.74, 6) is 0.111. The highest BCUT2D eigenvalue weighted by Crippen LogP contribution is 2.07. The summed E-state index contributed by atoms with van der Waals surface area (Å²) < 4.78 is 0. The molecule has 0 aromatic heterocycles. The first-order chi connectivity index (χ1) is 8.65. The Hall–Kier alpha value is -1.39. The van der Waals surface area contributed by atoms with Crippen LogP contribution in [0, 0.1) is 0 Å². The fraction of sp³-hybridized carbons (Fsp3) is 0.500. The lowest BCUT2D eigenvalue weighted by molar-refractivity contribution is -0.121. The molecule has 4 nitrogen and oxygen atoms in total. The maximum Gasteiger partial charge on any atom is 0.221 e. The number of nitrogens with two attached hydrogens (primary N) is 1. The lowest BCUT2D eigenvalue weighted by Crippen LogP contribution is -2.28. The normalized spacial score (nSPS) is 10.7. The molecule has 4 heteroatoms. The number of rotatable bonds is 7. The van der Waals surface area contributed by atoms with Crippen LogP contribution in [-0.2, 0) is 17.9 Å². The van der Waals surface area contributed by atoms with Crippen molar-refractivity contribution in [3.05, 3.63) is 35.4 Å². The first-order valence-electron chi connectivity index (χ1n) is 6.38. The molecule has 0 fully saturated rings. The molecule has 0 atom stereocenters. The third-order valence-electron chi connectivity index (χ3n) is 2.77. The van der Waals surface area contributed by atoms with Crippen LogP contribution in [0.2, 0.25) is 0 Å². The van der Waals surface area contributed by atoms with E-state index in [1.807, 2.05) is 26.1 Å². The minimum Gasteiger partial charge on any atom is -0.356 e. The summed E-state index contributed by atoms with van der Waals surface area (Å²) in [4.78, 5) is 13.5. The smallest absolute Gasteiger partial charge is 0.221 e. The van der Waals surface area contributed by atoms with E-state index in [0.717, 1.165) is 18.7 Å². The molecule has 0 bridgehead atoms. The average molecular weight is 249 g/mol. The van der Waals surface area contributed by atoms with E-state index < -0.39 is 0 Å². The number of hydrogen-bond donors (Lipinski definition) is 2. The van der Waals surface area contributed by atoms with Gasteiger partial charge >= 0.3 is 0 Å². The van der Waals surface area contributed by atoms with Gasteiger partial charge in [0, 0.05) is 32.6 Å². The topological polar surface area (TPSA) is 58.4 Å². The van der Waals surface area contributed by atoms with Crippen LogP contribution in [0.25, 0.3) is 0 Å². The van der Waals surface area contributed by atoms with Gasteiger partial charge in [-0.2, -0.15) is 0 Å². The van der Waals surface area contributed by atoms with Gasteiger partial charge in [-0.25, -0.2) is 0 Å². The van der Waals surface area contributed by atoms with Crippen LogP contribution in [0.15, 0.2) is 24.3 Å². The quantitative estimate of drug-likeness (QED) is 0.761. The first kappa shape index (κ1) is 14.7. The fourth-order valence-electron chi connectivity index (χ4n) is 1.82. The summed E-state index contributed by atoms with van der Waals surface area (Å²) in [6, 6.07) is 8.25. The molecule has 0 aliphatic heterocycles. The van der Waals surface area contributed by atoms with Gasteiger partial charge in [-0.3, -0.25) is 4.79 Å². The molecule has 1 aromatic carbocycles. The van der Waals surface area contributed by atoms with Gasteiger partial charge in [0.2, 0.25) is 5.91 Å². The Morgan fingerprint density at radius 1 is 1.39 bits per heavy atom. The highest BCUT2D eigenvalue weighted by Gasteiger charge is 2.04. The van der Waals surface area contributed by atoms with E-state index in [4.69, 9.17) is 5.73 Å². The van der Waals surface area contributed by atoms with Crippen LogP contribution < -0.4 is 11.1 Å². The van der Waals surface area contributed by atoms with Crippen molar-refractivity contribution in [2.24, 2.45) is 5.73 Å². The van der Waals surface area contributed by atoms with Crippen molar-refractivity contribution < 1.29 is 4.79 Å². The molecule has 0 saturated heterocycles. The number of hydrogen-bond acceptors (Lipinski definition) is 3. The molecule has 0 heterocycles. The fourth-order valence-corrected chi connectivity index (χ4v) is 1.82. The Bertz CT molecular complexity index is 379. The van der Waals surface area contributed by atoms with Gasteiger partial charge in [0.15, 0.2) is 0 Å². The zero-order valence-electron chi connectivity index (χ0n) is 11.3. The number of nitrogens with one attached hydrogen (secondary N) is 1. The van der Waals surface area contributed by atoms with Crippen molar-refractivity contribution in [3.63, 3.8) is 0 Å². The van der Waals surface area contributed by atoms with Gasteiger partial charge in [-0.15, -0.1) is 0 Å². The molecule has 0 aliphatic carbocycles. The molecule has 1 aromatic rings. The van der Waals surface area contributed by atoms with Crippen LogP contribution in [-0.4, -0.2) is 30.9 Å². The molecular weight excluding hydrogens is 226 g/mol. The van der Waals surface area contributed by atoms with Crippen molar-refractivity contribution in [1.82, 2.24) is 10.2 Å². The van der Waals surface area contributed by atoms with E-state index >= 15 is 0 Å². The lowest BCUT2D eigenvalue weighted by Gasteiger charge is -2.16. The van der Waals surface area contributed by atoms with Crippen molar-refractivity contribution >= 4 is 5.91 Å². The molecule has 100 valence electrons. The van der Waals surface area contributed by atoms with E-state index in [1.165, 1.54) is 5.56 Å². The first-order valence-corrected chi connectivity index (χ1v) is 6.38. The highest BCUT2D eigenvalue weighted by molar-refractivity contribution is 5.75. The van der Waals surface area contributed by atoms with Crippen LogP contribution in [0.1, 0.15) is 24.5 Å². The van der Waals surface area contributed by atoms with Gasteiger partial charge in [-0.05, 0) is 25.1 Å². The van der Waals surface area contributed by atoms with Crippen molar-refractivity contribution in [3.8, 4) is 0 Å². The van der Waals surface area contributed by atoms with Crippen molar-refractivity contribution in [1.29, 1.82) is 0 Å². The number of carbonyl (C=O) groups is 1. The van der Waals surface area contributed by atoms with Gasteiger partial charge < -0.3 is 16.0 Å². The maximum absolute atomic E-state index is 11.3. The Labute approximate surface area is 109 Å². The monoisotopic (exact) mass is 249 g/mol. The van der Waals surface area contributed by atoms with E-state index in [1.54, 1.807) is 0 Å². The Balaban J connectivity index is 2.39. The molecule has 1 rings (SSSR count). The Kier molecular flexibility index (Phi) is 6.39. The van der Waals surface area contributed by atoms with E-state index in [-0.39, 0.29) is 5.91 Å². The lowest BCUT2D eigenvalue weighted by atomic mass is 10.1. The highest BCUT2D eigenvalue weighted by atomic mass is 16.1. The molecule has 0 saturated carbocycles. The molecule has 0 radical (unpaired) electrons. The second-order valence-corrected chi connectivity index (χ2v) is 4.47. The van der Waals surface area contributed by atoms with Gasteiger partial charge in [-0.1, -0.05) is 24.3 Å². The largest absolute Gasteiger partial charge is 0.356 e. The molecule has 18 heavy (non-hydrogen) atoms. The second kappa shape index (κ2) is 7.84. The Morgan fingerprint density at radius 3 is 2.78 bits per heavy atom. The number of amides is 1. The maximum atomic E-state index is 11.3. The van der Waals surface area contributed by atoms with Crippen LogP contribution in [0.3, 0.4) is 0 Å². The third kappa shape index (κ3) is 5.29. The predicted octanol–water partition coefficient (Wildman–Crippen LogP) is 1.10. The molecule has 0 aliphatic rings. The summed E-state index contributed by atoms with van der Waals surface area (Å²) in [7, 11) is 2.02.